The molecule has 0 aliphatic carbocycles. The minimum atomic E-state index is -0.579. The first-order valence-corrected chi connectivity index (χ1v) is 5.28. The largest absolute Gasteiger partial charge is 0.329 e. The van der Waals surface area contributed by atoms with Gasteiger partial charge in [-0.05, 0) is 6.92 Å². The van der Waals surface area contributed by atoms with Gasteiger partial charge in [0.1, 0.15) is 5.39 Å². The maximum atomic E-state index is 11.6. The number of aryl methyl sites for hydroxylation is 1. The summed E-state index contributed by atoms with van der Waals surface area (Å²) in [4.78, 5) is 29.2. The Labute approximate surface area is 99.6 Å². The van der Waals surface area contributed by atoms with E-state index >= 15 is 0 Å². The number of rotatable bonds is 1. The van der Waals surface area contributed by atoms with E-state index < -0.39 is 11.2 Å². The zero-order chi connectivity index (χ0) is 11.9. The number of H-pyrrole nitrogens is 1. The number of halogens is 2. The average molecular weight is 260 g/mol. The van der Waals surface area contributed by atoms with Crippen molar-refractivity contribution in [1.82, 2.24) is 14.5 Å². The van der Waals surface area contributed by atoms with E-state index in [1.807, 2.05) is 0 Å². The number of nitrogens with zero attached hydrogens (tertiary/aromatic N) is 2. The first-order chi connectivity index (χ1) is 7.56. The van der Waals surface area contributed by atoms with Gasteiger partial charge in [0.2, 0.25) is 0 Å². The highest BCUT2D eigenvalue weighted by Crippen LogP contribution is 2.25. The van der Waals surface area contributed by atoms with Gasteiger partial charge >= 0.3 is 5.69 Å². The molecule has 1 N–H and O–H groups in total. The zero-order valence-electron chi connectivity index (χ0n) is 8.25. The van der Waals surface area contributed by atoms with Gasteiger partial charge in [-0.25, -0.2) is 9.78 Å². The molecule has 84 valence electrons. The Morgan fingerprint density at radius 2 is 2.12 bits per heavy atom. The second-order valence-corrected chi connectivity index (χ2v) is 3.91. The average Bonchev–Trinajstić information content (AvgIpc) is 2.23. The monoisotopic (exact) mass is 259 g/mol. The van der Waals surface area contributed by atoms with Gasteiger partial charge in [-0.1, -0.05) is 23.2 Å². The SMILES string of the molecule is CCn1c(=O)[nH]c(=O)c2c(Cl)c(Cl)cnc21. The van der Waals surface area contributed by atoms with E-state index in [-0.39, 0.29) is 21.1 Å². The molecule has 0 saturated heterocycles. The Morgan fingerprint density at radius 1 is 1.44 bits per heavy atom. The minimum absolute atomic E-state index is 0.107. The number of fused-ring (bicyclic) bond motifs is 1. The van der Waals surface area contributed by atoms with E-state index in [1.165, 1.54) is 10.8 Å². The number of hydrogen-bond acceptors (Lipinski definition) is 3. The van der Waals surface area contributed by atoms with Crippen molar-refractivity contribution >= 4 is 34.2 Å². The van der Waals surface area contributed by atoms with E-state index in [1.54, 1.807) is 6.92 Å². The topological polar surface area (TPSA) is 67.8 Å². The molecule has 0 amide bonds. The van der Waals surface area contributed by atoms with Gasteiger partial charge in [0, 0.05) is 12.7 Å². The summed E-state index contributed by atoms with van der Waals surface area (Å²) in [6.07, 6.45) is 1.32. The molecule has 0 aliphatic heterocycles. The predicted molar refractivity (Wildman–Crippen MR) is 62.3 cm³/mol. The summed E-state index contributed by atoms with van der Waals surface area (Å²) in [7, 11) is 0. The highest BCUT2D eigenvalue weighted by Gasteiger charge is 2.13. The molecule has 0 bridgehead atoms. The smallest absolute Gasteiger partial charge is 0.278 e. The van der Waals surface area contributed by atoms with Crippen molar-refractivity contribution < 1.29 is 0 Å². The van der Waals surface area contributed by atoms with Crippen LogP contribution in [0.2, 0.25) is 10.0 Å². The lowest BCUT2D eigenvalue weighted by Gasteiger charge is -2.06. The lowest BCUT2D eigenvalue weighted by molar-refractivity contribution is 0.718. The van der Waals surface area contributed by atoms with Crippen LogP contribution in [0, 0.1) is 0 Å². The molecule has 0 aliphatic rings. The molecule has 7 heteroatoms. The van der Waals surface area contributed by atoms with Crippen LogP contribution in [0.15, 0.2) is 15.8 Å². The molecule has 0 atom stereocenters. The van der Waals surface area contributed by atoms with Gasteiger partial charge in [0.15, 0.2) is 5.65 Å². The molecule has 2 heterocycles. The summed E-state index contributed by atoms with van der Waals surface area (Å²) in [5, 5.41) is 0.423. The molecule has 0 radical (unpaired) electrons. The lowest BCUT2D eigenvalue weighted by Crippen LogP contribution is -2.30. The maximum absolute atomic E-state index is 11.6. The molecule has 16 heavy (non-hydrogen) atoms. The fraction of sp³-hybridized carbons (Fsp3) is 0.222. The number of aromatic nitrogens is 3. The zero-order valence-corrected chi connectivity index (χ0v) is 9.76. The number of pyridine rings is 1. The van der Waals surface area contributed by atoms with Crippen molar-refractivity contribution in [2.45, 2.75) is 13.5 Å². The predicted octanol–water partition coefficient (Wildman–Crippen LogP) is 1.41. The Morgan fingerprint density at radius 3 is 2.75 bits per heavy atom. The second kappa shape index (κ2) is 3.92. The fourth-order valence-corrected chi connectivity index (χ4v) is 1.84. The number of aromatic amines is 1. The third-order valence-corrected chi connectivity index (χ3v) is 2.99. The Bertz CT molecular complexity index is 675. The van der Waals surface area contributed by atoms with Crippen molar-refractivity contribution in [2.24, 2.45) is 0 Å². The van der Waals surface area contributed by atoms with E-state index in [0.717, 1.165) is 0 Å². The van der Waals surface area contributed by atoms with Crippen molar-refractivity contribution in [3.05, 3.63) is 37.1 Å². The Balaban J connectivity index is 3.11. The van der Waals surface area contributed by atoms with E-state index in [2.05, 4.69) is 9.97 Å². The molecule has 0 aromatic carbocycles. The van der Waals surface area contributed by atoms with Crippen LogP contribution in [0.5, 0.6) is 0 Å². The van der Waals surface area contributed by atoms with Gasteiger partial charge in [0.25, 0.3) is 5.56 Å². The Kier molecular flexibility index (Phi) is 2.73. The molecule has 2 rings (SSSR count). The van der Waals surface area contributed by atoms with Crippen LogP contribution in [-0.4, -0.2) is 14.5 Å². The molecule has 2 aromatic rings. The normalized spacial score (nSPS) is 10.9. The van der Waals surface area contributed by atoms with Gasteiger partial charge in [-0.15, -0.1) is 0 Å². The third-order valence-electron chi connectivity index (χ3n) is 2.22. The number of nitrogens with one attached hydrogen (secondary N) is 1. The minimum Gasteiger partial charge on any atom is -0.278 e. The van der Waals surface area contributed by atoms with Crippen LogP contribution < -0.4 is 11.2 Å². The van der Waals surface area contributed by atoms with Crippen LogP contribution in [0.4, 0.5) is 0 Å². The third kappa shape index (κ3) is 1.52. The summed E-state index contributed by atoms with van der Waals surface area (Å²) in [6, 6.07) is 0. The van der Waals surface area contributed by atoms with Gasteiger partial charge in [-0.3, -0.25) is 14.3 Å². The van der Waals surface area contributed by atoms with Crippen molar-refractivity contribution in [1.29, 1.82) is 0 Å². The first-order valence-electron chi connectivity index (χ1n) is 4.53. The van der Waals surface area contributed by atoms with Crippen LogP contribution in [-0.2, 0) is 6.54 Å². The molecule has 2 aromatic heterocycles. The lowest BCUT2D eigenvalue weighted by atomic mass is 10.3. The summed E-state index contributed by atoms with van der Waals surface area (Å²) < 4.78 is 1.32. The van der Waals surface area contributed by atoms with Crippen molar-refractivity contribution in [3.63, 3.8) is 0 Å². The molecule has 0 unspecified atom stereocenters. The standard InChI is InChI=1S/C9H7Cl2N3O2/c1-2-14-7-5(8(15)13-9(14)16)6(11)4(10)3-12-7/h3H,2H2,1H3,(H,13,15,16). The van der Waals surface area contributed by atoms with E-state index in [9.17, 15) is 9.59 Å². The van der Waals surface area contributed by atoms with Crippen LogP contribution in [0.25, 0.3) is 11.0 Å². The molecule has 0 fully saturated rings. The highest BCUT2D eigenvalue weighted by atomic mass is 35.5. The van der Waals surface area contributed by atoms with Crippen LogP contribution >= 0.6 is 23.2 Å². The van der Waals surface area contributed by atoms with Gasteiger partial charge < -0.3 is 0 Å². The fourth-order valence-electron chi connectivity index (χ4n) is 1.48. The van der Waals surface area contributed by atoms with Crippen molar-refractivity contribution in [3.8, 4) is 0 Å². The first kappa shape index (κ1) is 11.2. The molecular formula is C9H7Cl2N3O2. The van der Waals surface area contributed by atoms with E-state index in [4.69, 9.17) is 23.2 Å². The molecular weight excluding hydrogens is 253 g/mol. The van der Waals surface area contributed by atoms with Crippen LogP contribution in [0.1, 0.15) is 6.92 Å². The van der Waals surface area contributed by atoms with Crippen LogP contribution in [0.3, 0.4) is 0 Å². The highest BCUT2D eigenvalue weighted by molar-refractivity contribution is 6.44. The summed E-state index contributed by atoms with van der Waals surface area (Å²) >= 11 is 11.7. The maximum Gasteiger partial charge on any atom is 0.329 e. The quantitative estimate of drug-likeness (QED) is 0.842. The molecule has 0 spiro atoms. The molecule has 5 nitrogen and oxygen atoms in total. The number of hydrogen-bond donors (Lipinski definition) is 1. The van der Waals surface area contributed by atoms with Crippen molar-refractivity contribution in [2.75, 3.05) is 0 Å². The van der Waals surface area contributed by atoms with Gasteiger partial charge in [0.05, 0.1) is 10.0 Å². The second-order valence-electron chi connectivity index (χ2n) is 3.12. The van der Waals surface area contributed by atoms with Gasteiger partial charge in [-0.2, -0.15) is 0 Å². The molecule has 0 saturated carbocycles. The summed E-state index contributed by atoms with van der Waals surface area (Å²) in [5.41, 5.74) is -0.846. The van der Waals surface area contributed by atoms with E-state index in [0.29, 0.717) is 6.54 Å². The Hall–Kier alpha value is -1.33. The summed E-state index contributed by atoms with van der Waals surface area (Å²) in [6.45, 7) is 2.15. The summed E-state index contributed by atoms with van der Waals surface area (Å²) in [5.74, 6) is 0.